The molecule has 2 atom stereocenters. The van der Waals surface area contributed by atoms with Crippen LogP contribution in [-0.4, -0.2) is 48.8 Å². The first-order valence-corrected chi connectivity index (χ1v) is 5.99. The van der Waals surface area contributed by atoms with Crippen molar-refractivity contribution < 1.29 is 14.6 Å². The van der Waals surface area contributed by atoms with E-state index in [1.807, 2.05) is 11.9 Å². The molecule has 0 radical (unpaired) electrons. The maximum atomic E-state index is 11.6. The van der Waals surface area contributed by atoms with Gasteiger partial charge in [-0.2, -0.15) is 0 Å². The number of nitrogens with zero attached hydrogens (tertiary/aromatic N) is 1. The normalized spacial score (nSPS) is 14.9. The quantitative estimate of drug-likeness (QED) is 0.642. The summed E-state index contributed by atoms with van der Waals surface area (Å²) in [5.41, 5.74) is 0. The van der Waals surface area contributed by atoms with Crippen molar-refractivity contribution in [2.45, 2.75) is 51.7 Å². The van der Waals surface area contributed by atoms with Crippen molar-refractivity contribution in [3.05, 3.63) is 0 Å². The van der Waals surface area contributed by atoms with Crippen LogP contribution in [-0.2, 0) is 9.53 Å². The Hall–Kier alpha value is -0.610. The number of ether oxygens (including phenoxy) is 1. The van der Waals surface area contributed by atoms with Gasteiger partial charge in [0.05, 0.1) is 13.2 Å². The average molecular weight is 231 g/mol. The van der Waals surface area contributed by atoms with Gasteiger partial charge in [-0.1, -0.05) is 19.8 Å². The molecule has 4 nitrogen and oxygen atoms in total. The number of rotatable bonds is 8. The molecule has 0 rings (SSSR count). The minimum Gasteiger partial charge on any atom is -0.468 e. The van der Waals surface area contributed by atoms with E-state index in [0.717, 1.165) is 19.3 Å². The summed E-state index contributed by atoms with van der Waals surface area (Å²) >= 11 is 0. The molecule has 0 aromatic heterocycles. The minimum absolute atomic E-state index is 0.177. The molecular formula is C12H25NO3. The standard InChI is InChI=1S/C12H25NO3/c1-5-6-7-11(12(15)16-4)13(3)9-8-10(2)14/h10-11,14H,5-9H2,1-4H3. The Morgan fingerprint density at radius 1 is 1.44 bits per heavy atom. The summed E-state index contributed by atoms with van der Waals surface area (Å²) in [5.74, 6) is -0.179. The van der Waals surface area contributed by atoms with Gasteiger partial charge in [-0.3, -0.25) is 9.69 Å². The van der Waals surface area contributed by atoms with Gasteiger partial charge in [0, 0.05) is 6.54 Å². The summed E-state index contributed by atoms with van der Waals surface area (Å²) in [6, 6.07) is -0.177. The molecule has 0 aliphatic heterocycles. The molecule has 0 heterocycles. The first-order chi connectivity index (χ1) is 7.52. The van der Waals surface area contributed by atoms with Gasteiger partial charge in [-0.05, 0) is 26.8 Å². The van der Waals surface area contributed by atoms with E-state index in [0.29, 0.717) is 13.0 Å². The number of likely N-dealkylation sites (N-methyl/N-ethyl adjacent to an activating group) is 1. The molecule has 0 aromatic rings. The van der Waals surface area contributed by atoms with Crippen LogP contribution in [0.15, 0.2) is 0 Å². The summed E-state index contributed by atoms with van der Waals surface area (Å²) in [6.07, 6.45) is 3.25. The average Bonchev–Trinajstić information content (AvgIpc) is 2.26. The van der Waals surface area contributed by atoms with Gasteiger partial charge in [0.15, 0.2) is 0 Å². The van der Waals surface area contributed by atoms with Gasteiger partial charge in [0.1, 0.15) is 6.04 Å². The zero-order valence-corrected chi connectivity index (χ0v) is 10.9. The number of hydrogen-bond acceptors (Lipinski definition) is 4. The zero-order chi connectivity index (χ0) is 12.6. The Morgan fingerprint density at radius 3 is 2.50 bits per heavy atom. The van der Waals surface area contributed by atoms with Crippen LogP contribution in [0.4, 0.5) is 0 Å². The van der Waals surface area contributed by atoms with Crippen LogP contribution in [0.5, 0.6) is 0 Å². The molecule has 2 unspecified atom stereocenters. The number of methoxy groups -OCH3 is 1. The highest BCUT2D eigenvalue weighted by atomic mass is 16.5. The molecule has 0 saturated heterocycles. The Kier molecular flexibility index (Phi) is 8.21. The predicted molar refractivity (Wildman–Crippen MR) is 64.3 cm³/mol. The summed E-state index contributed by atoms with van der Waals surface area (Å²) in [5, 5.41) is 9.21. The van der Waals surface area contributed by atoms with Gasteiger partial charge in [-0.25, -0.2) is 0 Å². The lowest BCUT2D eigenvalue weighted by Gasteiger charge is -2.26. The van der Waals surface area contributed by atoms with Crippen LogP contribution in [0.2, 0.25) is 0 Å². The third-order valence-corrected chi connectivity index (χ3v) is 2.74. The van der Waals surface area contributed by atoms with E-state index in [-0.39, 0.29) is 18.1 Å². The summed E-state index contributed by atoms with van der Waals surface area (Å²) in [6.45, 7) is 4.57. The van der Waals surface area contributed by atoms with Crippen molar-refractivity contribution in [2.75, 3.05) is 20.7 Å². The first kappa shape index (κ1) is 15.4. The first-order valence-electron chi connectivity index (χ1n) is 5.99. The summed E-state index contributed by atoms with van der Waals surface area (Å²) in [4.78, 5) is 13.5. The second-order valence-electron chi connectivity index (χ2n) is 4.30. The maximum Gasteiger partial charge on any atom is 0.323 e. The predicted octanol–water partition coefficient (Wildman–Crippen LogP) is 1.42. The van der Waals surface area contributed by atoms with Crippen molar-refractivity contribution in [1.29, 1.82) is 0 Å². The highest BCUT2D eigenvalue weighted by molar-refractivity contribution is 5.75. The maximum absolute atomic E-state index is 11.6. The van der Waals surface area contributed by atoms with Crippen molar-refractivity contribution in [3.8, 4) is 0 Å². The molecule has 16 heavy (non-hydrogen) atoms. The van der Waals surface area contributed by atoms with Gasteiger partial charge in [0.25, 0.3) is 0 Å². The van der Waals surface area contributed by atoms with Gasteiger partial charge in [-0.15, -0.1) is 0 Å². The van der Waals surface area contributed by atoms with Crippen LogP contribution in [0.1, 0.15) is 39.5 Å². The highest BCUT2D eigenvalue weighted by Crippen LogP contribution is 2.10. The molecule has 0 aliphatic carbocycles. The SMILES string of the molecule is CCCCC(C(=O)OC)N(C)CCC(C)O. The lowest BCUT2D eigenvalue weighted by molar-refractivity contribution is -0.146. The van der Waals surface area contributed by atoms with Gasteiger partial charge < -0.3 is 9.84 Å². The van der Waals surface area contributed by atoms with Crippen LogP contribution >= 0.6 is 0 Å². The number of aliphatic hydroxyl groups excluding tert-OH is 1. The topological polar surface area (TPSA) is 49.8 Å². The smallest absolute Gasteiger partial charge is 0.323 e. The van der Waals surface area contributed by atoms with E-state index < -0.39 is 0 Å². The van der Waals surface area contributed by atoms with E-state index in [1.165, 1.54) is 7.11 Å². The van der Waals surface area contributed by atoms with E-state index >= 15 is 0 Å². The lowest BCUT2D eigenvalue weighted by atomic mass is 10.1. The number of hydrogen-bond donors (Lipinski definition) is 1. The summed E-state index contributed by atoms with van der Waals surface area (Å²) < 4.78 is 4.79. The van der Waals surface area contributed by atoms with E-state index in [1.54, 1.807) is 6.92 Å². The summed E-state index contributed by atoms with van der Waals surface area (Å²) in [7, 11) is 3.32. The van der Waals surface area contributed by atoms with Crippen molar-refractivity contribution in [1.82, 2.24) is 4.90 Å². The molecule has 0 bridgehead atoms. The second kappa shape index (κ2) is 8.53. The molecule has 0 fully saturated rings. The Balaban J connectivity index is 4.20. The third kappa shape index (κ3) is 6.08. The number of aliphatic hydroxyl groups is 1. The molecule has 0 aliphatic rings. The third-order valence-electron chi connectivity index (χ3n) is 2.74. The second-order valence-corrected chi connectivity index (χ2v) is 4.30. The molecule has 0 aromatic carbocycles. The Bertz CT molecular complexity index is 195. The fourth-order valence-corrected chi connectivity index (χ4v) is 1.60. The minimum atomic E-state index is -0.327. The van der Waals surface area contributed by atoms with E-state index in [2.05, 4.69) is 6.92 Å². The van der Waals surface area contributed by atoms with Crippen LogP contribution in [0.3, 0.4) is 0 Å². The van der Waals surface area contributed by atoms with Crippen LogP contribution < -0.4 is 0 Å². The Labute approximate surface area is 98.6 Å². The lowest BCUT2D eigenvalue weighted by Crippen LogP contribution is -2.40. The molecule has 96 valence electrons. The zero-order valence-electron chi connectivity index (χ0n) is 10.9. The number of carbonyl (C=O) groups is 1. The molecule has 1 N–H and O–H groups in total. The molecule has 0 amide bonds. The molecule has 0 saturated carbocycles. The van der Waals surface area contributed by atoms with Crippen molar-refractivity contribution >= 4 is 5.97 Å². The number of esters is 1. The largest absolute Gasteiger partial charge is 0.468 e. The van der Waals surface area contributed by atoms with Crippen molar-refractivity contribution in [3.63, 3.8) is 0 Å². The van der Waals surface area contributed by atoms with Gasteiger partial charge in [0.2, 0.25) is 0 Å². The van der Waals surface area contributed by atoms with Gasteiger partial charge >= 0.3 is 5.97 Å². The molecule has 0 spiro atoms. The molecule has 4 heteroatoms. The highest BCUT2D eigenvalue weighted by Gasteiger charge is 2.23. The van der Waals surface area contributed by atoms with Crippen molar-refractivity contribution in [2.24, 2.45) is 0 Å². The van der Waals surface area contributed by atoms with Crippen LogP contribution in [0.25, 0.3) is 0 Å². The molecular weight excluding hydrogens is 206 g/mol. The van der Waals surface area contributed by atoms with E-state index in [9.17, 15) is 9.90 Å². The fraction of sp³-hybridized carbons (Fsp3) is 0.917. The number of carbonyl (C=O) groups excluding carboxylic acids is 1. The van der Waals surface area contributed by atoms with Crippen LogP contribution in [0, 0.1) is 0 Å². The monoisotopic (exact) mass is 231 g/mol. The Morgan fingerprint density at radius 2 is 2.06 bits per heavy atom. The number of unbranched alkanes of at least 4 members (excludes halogenated alkanes) is 1. The fourth-order valence-electron chi connectivity index (χ4n) is 1.60. The van der Waals surface area contributed by atoms with E-state index in [4.69, 9.17) is 4.74 Å².